The highest BCUT2D eigenvalue weighted by Crippen LogP contribution is 2.30. The molecule has 0 radical (unpaired) electrons. The fourth-order valence-electron chi connectivity index (χ4n) is 3.07. The molecule has 30 heavy (non-hydrogen) atoms. The first kappa shape index (κ1) is 24.3. The number of aromatic nitrogens is 1. The molecule has 168 valence electrons. The summed E-state index contributed by atoms with van der Waals surface area (Å²) in [6.07, 6.45) is -0.547. The highest BCUT2D eigenvalue weighted by molar-refractivity contribution is 7.43. The summed E-state index contributed by atoms with van der Waals surface area (Å²) in [5.74, 6) is -1.36. The number of pyridine rings is 1. The molecule has 0 spiro atoms. The zero-order valence-electron chi connectivity index (χ0n) is 15.8. The summed E-state index contributed by atoms with van der Waals surface area (Å²) in [5, 5.41) is 30.0. The minimum atomic E-state index is -5.22. The zero-order chi connectivity index (χ0) is 22.5. The molecule has 0 aromatic carbocycles. The molecule has 0 saturated carbocycles. The van der Waals surface area contributed by atoms with Crippen molar-refractivity contribution >= 4 is 19.7 Å². The first-order valence-electron chi connectivity index (χ1n) is 9.04. The van der Waals surface area contributed by atoms with Crippen LogP contribution in [0.3, 0.4) is 0 Å². The Morgan fingerprint density at radius 1 is 1.37 bits per heavy atom. The lowest BCUT2D eigenvalue weighted by molar-refractivity contribution is -0.765. The van der Waals surface area contributed by atoms with Gasteiger partial charge in [0.2, 0.25) is 0 Å². The van der Waals surface area contributed by atoms with Gasteiger partial charge in [0.15, 0.2) is 24.5 Å². The maximum atomic E-state index is 11.1. The van der Waals surface area contributed by atoms with Gasteiger partial charge in [0, 0.05) is 18.9 Å². The number of carboxylic acid groups (broad SMARTS) is 1. The predicted molar refractivity (Wildman–Crippen MR) is 92.1 cm³/mol. The summed E-state index contributed by atoms with van der Waals surface area (Å²) in [7, 11) is -5.22. The fourth-order valence-corrected chi connectivity index (χ4v) is 3.40. The van der Waals surface area contributed by atoms with E-state index in [1.807, 2.05) is 5.32 Å². The Kier molecular flexibility index (Phi) is 8.41. The lowest BCUT2D eigenvalue weighted by Gasteiger charge is -2.30. The molecule has 0 aliphatic carbocycles. The number of rotatable bonds is 6. The zero-order valence-corrected chi connectivity index (χ0v) is 16.7. The maximum Gasteiger partial charge on any atom is 0.362 e. The molecule has 7 N–H and O–H groups in total. The smallest absolute Gasteiger partial charge is 0.362 e. The molecule has 1 unspecified atom stereocenters. The van der Waals surface area contributed by atoms with E-state index < -0.39 is 50.8 Å². The van der Waals surface area contributed by atoms with Crippen LogP contribution in [0.25, 0.3) is 0 Å². The number of aliphatic hydroxyl groups is 2. The molecule has 2 saturated heterocycles. The minimum absolute atomic E-state index is 0.144. The van der Waals surface area contributed by atoms with Crippen molar-refractivity contribution in [1.82, 2.24) is 0 Å². The second-order valence-electron chi connectivity index (χ2n) is 6.80. The van der Waals surface area contributed by atoms with Gasteiger partial charge in [-0.05, 0) is 6.07 Å². The van der Waals surface area contributed by atoms with E-state index in [4.69, 9.17) is 15.6 Å². The van der Waals surface area contributed by atoms with Gasteiger partial charge in [-0.3, -0.25) is 4.79 Å². The van der Waals surface area contributed by atoms with Crippen LogP contribution in [-0.2, 0) is 18.6 Å². The van der Waals surface area contributed by atoms with E-state index in [1.165, 1.54) is 29.1 Å². The second-order valence-corrected chi connectivity index (χ2v) is 7.96. The number of phosphoric acid groups is 1. The Hall–Kier alpha value is -1.96. The summed E-state index contributed by atoms with van der Waals surface area (Å²) in [6, 6.07) is 2.79. The van der Waals surface area contributed by atoms with E-state index in [0.29, 0.717) is 0 Å². The third kappa shape index (κ3) is 6.79. The van der Waals surface area contributed by atoms with E-state index >= 15 is 0 Å². The van der Waals surface area contributed by atoms with Crippen LogP contribution >= 0.6 is 7.82 Å². The van der Waals surface area contributed by atoms with Gasteiger partial charge in [0.1, 0.15) is 17.8 Å². The molecular formula is C16H24N3O10P. The van der Waals surface area contributed by atoms with Gasteiger partial charge in [-0.1, -0.05) is 0 Å². The Morgan fingerprint density at radius 2 is 2.07 bits per heavy atom. The summed E-state index contributed by atoms with van der Waals surface area (Å²) >= 11 is 0. The molecule has 1 aromatic heterocycles. The van der Waals surface area contributed by atoms with Gasteiger partial charge in [0.25, 0.3) is 12.1 Å². The van der Waals surface area contributed by atoms with Crippen LogP contribution in [-0.4, -0.2) is 64.7 Å². The lowest BCUT2D eigenvalue weighted by atomic mass is 10.1. The molecule has 14 heteroatoms. The van der Waals surface area contributed by atoms with Crippen molar-refractivity contribution in [3.8, 4) is 0 Å². The highest BCUT2D eigenvalue weighted by Gasteiger charge is 2.48. The number of aliphatic hydroxyl groups excluding tert-OH is 2. The largest absolute Gasteiger partial charge is 0.790 e. The van der Waals surface area contributed by atoms with Gasteiger partial charge in [-0.25, -0.2) is 4.79 Å². The molecule has 3 heterocycles. The number of hydrogen-bond acceptors (Lipinski definition) is 9. The Morgan fingerprint density at radius 3 is 2.57 bits per heavy atom. The van der Waals surface area contributed by atoms with E-state index in [-0.39, 0.29) is 11.6 Å². The quantitative estimate of drug-likeness (QED) is 0.206. The normalized spacial score (nSPS) is 28.6. The average molecular weight is 449 g/mol. The fraction of sp³-hybridized carbons (Fsp3) is 0.562. The number of aliphatic carboxylic acids is 1. The van der Waals surface area contributed by atoms with Crippen LogP contribution in [0.1, 0.15) is 29.4 Å². The van der Waals surface area contributed by atoms with Crippen LogP contribution < -0.4 is 25.4 Å². The number of carboxylic acids is 1. The number of quaternary nitrogens is 1. The second kappa shape index (κ2) is 10.4. The molecule has 1 amide bonds. The monoisotopic (exact) mass is 449 g/mol. The molecular weight excluding hydrogens is 425 g/mol. The molecule has 2 fully saturated rings. The van der Waals surface area contributed by atoms with Gasteiger partial charge < -0.3 is 50.0 Å². The van der Waals surface area contributed by atoms with E-state index in [0.717, 1.165) is 19.4 Å². The van der Waals surface area contributed by atoms with Crippen molar-refractivity contribution in [2.45, 2.75) is 43.4 Å². The Labute approximate surface area is 171 Å². The van der Waals surface area contributed by atoms with Gasteiger partial charge in [-0.15, -0.1) is 0 Å². The van der Waals surface area contributed by atoms with Crippen molar-refractivity contribution in [2.75, 3.05) is 13.2 Å². The first-order valence-corrected chi connectivity index (χ1v) is 10.5. The van der Waals surface area contributed by atoms with Crippen molar-refractivity contribution in [1.29, 1.82) is 0 Å². The number of ether oxygens (including phenoxy) is 1. The molecule has 2 aliphatic heterocycles. The molecule has 2 aliphatic rings. The highest BCUT2D eigenvalue weighted by atomic mass is 31.2. The number of nitrogens with zero attached hydrogens (tertiary/aromatic N) is 1. The van der Waals surface area contributed by atoms with E-state index in [9.17, 15) is 34.2 Å². The number of carbonyl (C=O) groups is 2. The van der Waals surface area contributed by atoms with Crippen LogP contribution in [0.15, 0.2) is 24.5 Å². The third-order valence-corrected chi connectivity index (χ3v) is 5.09. The van der Waals surface area contributed by atoms with Crippen molar-refractivity contribution in [3.05, 3.63) is 30.1 Å². The predicted octanol–water partition coefficient (Wildman–Crippen LogP) is -4.67. The lowest BCUT2D eigenvalue weighted by Crippen LogP contribution is -2.88. The Balaban J connectivity index is 0.000000335. The summed E-state index contributed by atoms with van der Waals surface area (Å²) in [4.78, 5) is 42.2. The number of primary amides is 1. The van der Waals surface area contributed by atoms with Gasteiger partial charge in [0.05, 0.1) is 21.0 Å². The van der Waals surface area contributed by atoms with Crippen LogP contribution in [0.5, 0.6) is 0 Å². The van der Waals surface area contributed by atoms with Gasteiger partial charge >= 0.3 is 5.97 Å². The molecule has 0 bridgehead atoms. The van der Waals surface area contributed by atoms with Crippen LogP contribution in [0, 0.1) is 0 Å². The number of amides is 1. The van der Waals surface area contributed by atoms with E-state index in [2.05, 4.69) is 4.52 Å². The number of nitrogens with two attached hydrogens (primary N) is 2. The molecule has 3 rings (SSSR count). The first-order chi connectivity index (χ1) is 14.0. The van der Waals surface area contributed by atoms with Crippen LogP contribution in [0.4, 0.5) is 0 Å². The number of carbonyl (C=O) groups excluding carboxylic acids is 1. The summed E-state index contributed by atoms with van der Waals surface area (Å²) in [6.45, 7) is 0.256. The molecule has 13 nitrogen and oxygen atoms in total. The van der Waals surface area contributed by atoms with E-state index in [1.54, 1.807) is 0 Å². The van der Waals surface area contributed by atoms with Crippen LogP contribution in [0.2, 0.25) is 0 Å². The topological polar surface area (TPSA) is 223 Å². The van der Waals surface area contributed by atoms with Gasteiger partial charge in [-0.2, -0.15) is 4.57 Å². The molecule has 1 aromatic rings. The average Bonchev–Trinajstić information content (AvgIpc) is 3.30. The standard InChI is InChI=1S/C11H15N2O8P.C5H9NO2/c12-10(16)6-2-1-3-13(4-6)11-9(15)8(14)7(21-11)5-20-22(17,18)19;7-5(8)4-2-1-3-6-4/h1-4,7-9,11,14-15H,5H2,(H3-,12,16,17,18,19);4,6H,1-3H2,(H,7,8)/t7-,8-,9-,11-;/m1./s1. The third-order valence-electron chi connectivity index (χ3n) is 4.62. The number of phosphoric ester groups is 1. The SMILES string of the molecule is NC(=O)c1ccc[n+]([C@@H]2O[C@H](COP(=O)([O-])[O-])[C@@H](O)[C@H]2O)c1.O=C(O)C1CCC[NH2+]1. The maximum absolute atomic E-state index is 11.1. The summed E-state index contributed by atoms with van der Waals surface area (Å²) in [5.41, 5.74) is 5.29. The number of hydrogen-bond donors (Lipinski definition) is 5. The Bertz CT molecular complexity index is 797. The minimum Gasteiger partial charge on any atom is -0.790 e. The van der Waals surface area contributed by atoms with Crippen molar-refractivity contribution in [3.63, 3.8) is 0 Å². The molecule has 5 atom stereocenters. The summed E-state index contributed by atoms with van der Waals surface area (Å²) < 4.78 is 21.1. The van der Waals surface area contributed by atoms with Crippen molar-refractivity contribution < 1.29 is 58.4 Å². The van der Waals surface area contributed by atoms with Crippen molar-refractivity contribution in [2.24, 2.45) is 5.73 Å².